The summed E-state index contributed by atoms with van der Waals surface area (Å²) in [6.45, 7) is 0.422. The molecule has 2 aromatic carbocycles. The molecule has 0 bridgehead atoms. The molecule has 1 heterocycles. The molecule has 0 saturated heterocycles. The van der Waals surface area contributed by atoms with Crippen LogP contribution in [0.1, 0.15) is 5.56 Å². The molecule has 0 fully saturated rings. The number of pyridine rings is 1. The molecular formula is C19H20N2O3S. The molecule has 3 rings (SSSR count). The molecule has 1 aromatic heterocycles. The summed E-state index contributed by atoms with van der Waals surface area (Å²) in [5.41, 5.74) is 2.31. The lowest BCUT2D eigenvalue weighted by Gasteiger charge is -2.11. The molecule has 5 nitrogen and oxygen atoms in total. The molecule has 0 atom stereocenters. The number of aromatic amines is 1. The van der Waals surface area contributed by atoms with Gasteiger partial charge < -0.3 is 19.8 Å². The third-order valence-electron chi connectivity index (χ3n) is 4.00. The minimum absolute atomic E-state index is 0.0845. The number of ether oxygens (including phenoxy) is 2. The van der Waals surface area contributed by atoms with Crippen LogP contribution in [0.25, 0.3) is 10.9 Å². The van der Waals surface area contributed by atoms with E-state index < -0.39 is 0 Å². The second kappa shape index (κ2) is 7.53. The van der Waals surface area contributed by atoms with Gasteiger partial charge in [0.2, 0.25) is 0 Å². The van der Waals surface area contributed by atoms with Crippen LogP contribution in [0.2, 0.25) is 0 Å². The molecule has 2 N–H and O–H groups in total. The topological polar surface area (TPSA) is 63.3 Å². The van der Waals surface area contributed by atoms with E-state index in [4.69, 9.17) is 9.47 Å². The number of H-pyrrole nitrogens is 1. The molecular weight excluding hydrogens is 336 g/mol. The van der Waals surface area contributed by atoms with Crippen molar-refractivity contribution in [1.82, 2.24) is 4.98 Å². The van der Waals surface area contributed by atoms with Gasteiger partial charge in [-0.05, 0) is 42.0 Å². The number of fused-ring (bicyclic) bond motifs is 1. The van der Waals surface area contributed by atoms with E-state index in [1.54, 1.807) is 26.0 Å². The standard InChI is InChI=1S/C19H20N2O3S/c1-23-17-7-5-14(9-18(17)24-2)20-11-13-8-12-4-6-15(25-3)10-16(12)21-19(13)22/h4-10,20H,11H2,1-3H3,(H,21,22). The van der Waals surface area contributed by atoms with Gasteiger partial charge in [0.1, 0.15) is 0 Å². The second-order valence-corrected chi connectivity index (χ2v) is 6.38. The van der Waals surface area contributed by atoms with E-state index in [0.717, 1.165) is 21.5 Å². The van der Waals surface area contributed by atoms with Gasteiger partial charge >= 0.3 is 0 Å². The van der Waals surface area contributed by atoms with Crippen LogP contribution in [0.15, 0.2) is 52.2 Å². The summed E-state index contributed by atoms with van der Waals surface area (Å²) in [6.07, 6.45) is 2.01. The number of aromatic nitrogens is 1. The van der Waals surface area contributed by atoms with Crippen LogP contribution in [-0.2, 0) is 6.54 Å². The Morgan fingerprint density at radius 1 is 1.04 bits per heavy atom. The zero-order valence-corrected chi connectivity index (χ0v) is 15.2. The van der Waals surface area contributed by atoms with Gasteiger partial charge in [-0.25, -0.2) is 0 Å². The Bertz CT molecular complexity index is 953. The van der Waals surface area contributed by atoms with Gasteiger partial charge in [0, 0.05) is 34.3 Å². The van der Waals surface area contributed by atoms with E-state index in [-0.39, 0.29) is 5.56 Å². The smallest absolute Gasteiger partial charge is 0.253 e. The molecule has 0 amide bonds. The molecule has 0 unspecified atom stereocenters. The van der Waals surface area contributed by atoms with Crippen LogP contribution in [0.5, 0.6) is 11.5 Å². The van der Waals surface area contributed by atoms with Crippen molar-refractivity contribution >= 4 is 28.4 Å². The van der Waals surface area contributed by atoms with Gasteiger partial charge in [0.15, 0.2) is 11.5 Å². The number of hydrogen-bond acceptors (Lipinski definition) is 5. The lowest BCUT2D eigenvalue weighted by atomic mass is 10.1. The molecule has 0 aliphatic rings. The van der Waals surface area contributed by atoms with Crippen LogP contribution in [0.3, 0.4) is 0 Å². The molecule has 0 aliphatic carbocycles. The van der Waals surface area contributed by atoms with Crippen LogP contribution in [0.4, 0.5) is 5.69 Å². The van der Waals surface area contributed by atoms with E-state index in [0.29, 0.717) is 23.6 Å². The summed E-state index contributed by atoms with van der Waals surface area (Å²) in [6, 6.07) is 13.6. The summed E-state index contributed by atoms with van der Waals surface area (Å²) in [5, 5.41) is 4.27. The maximum Gasteiger partial charge on any atom is 0.253 e. The van der Waals surface area contributed by atoms with Gasteiger partial charge in [0.25, 0.3) is 5.56 Å². The number of hydrogen-bond donors (Lipinski definition) is 2. The fourth-order valence-electron chi connectivity index (χ4n) is 2.63. The molecule has 25 heavy (non-hydrogen) atoms. The predicted octanol–water partition coefficient (Wildman–Crippen LogP) is 3.88. The normalized spacial score (nSPS) is 10.7. The number of anilines is 1. The third-order valence-corrected chi connectivity index (χ3v) is 4.72. The molecule has 130 valence electrons. The zero-order chi connectivity index (χ0) is 17.8. The van der Waals surface area contributed by atoms with Crippen molar-refractivity contribution in [2.24, 2.45) is 0 Å². The SMILES string of the molecule is COc1ccc(NCc2cc3ccc(SC)cc3[nH]c2=O)cc1OC. The highest BCUT2D eigenvalue weighted by Crippen LogP contribution is 2.30. The largest absolute Gasteiger partial charge is 0.493 e. The quantitative estimate of drug-likeness (QED) is 0.656. The first-order valence-electron chi connectivity index (χ1n) is 7.80. The molecule has 0 spiro atoms. The molecule has 0 saturated carbocycles. The maximum atomic E-state index is 12.3. The molecule has 3 aromatic rings. The lowest BCUT2D eigenvalue weighted by Crippen LogP contribution is -2.15. The average molecular weight is 356 g/mol. The van der Waals surface area contributed by atoms with Crippen LogP contribution in [0, 0.1) is 0 Å². The second-order valence-electron chi connectivity index (χ2n) is 5.50. The predicted molar refractivity (Wildman–Crippen MR) is 103 cm³/mol. The third kappa shape index (κ3) is 3.74. The minimum atomic E-state index is -0.0845. The van der Waals surface area contributed by atoms with Gasteiger partial charge in [-0.15, -0.1) is 11.8 Å². The van der Waals surface area contributed by atoms with Gasteiger partial charge in [0.05, 0.1) is 14.2 Å². The summed E-state index contributed by atoms with van der Waals surface area (Å²) in [7, 11) is 3.19. The van der Waals surface area contributed by atoms with Crippen molar-refractivity contribution in [3.05, 3.63) is 58.4 Å². The Morgan fingerprint density at radius 3 is 2.56 bits per heavy atom. The van der Waals surface area contributed by atoms with Crippen molar-refractivity contribution in [3.63, 3.8) is 0 Å². The van der Waals surface area contributed by atoms with E-state index in [1.807, 2.05) is 42.7 Å². The van der Waals surface area contributed by atoms with Gasteiger partial charge in [-0.1, -0.05) is 6.07 Å². The number of thioether (sulfide) groups is 1. The highest BCUT2D eigenvalue weighted by Gasteiger charge is 2.07. The minimum Gasteiger partial charge on any atom is -0.493 e. The van der Waals surface area contributed by atoms with E-state index in [9.17, 15) is 4.79 Å². The fourth-order valence-corrected chi connectivity index (χ4v) is 3.07. The number of rotatable bonds is 6. The summed E-state index contributed by atoms with van der Waals surface area (Å²) in [4.78, 5) is 16.4. The van der Waals surface area contributed by atoms with E-state index in [2.05, 4.69) is 16.4 Å². The summed E-state index contributed by atoms with van der Waals surface area (Å²) in [5.74, 6) is 1.31. The Hall–Kier alpha value is -2.60. The Labute approximate surface area is 150 Å². The highest BCUT2D eigenvalue weighted by molar-refractivity contribution is 7.98. The molecule has 0 aliphatic heterocycles. The van der Waals surface area contributed by atoms with Crippen molar-refractivity contribution in [3.8, 4) is 11.5 Å². The Morgan fingerprint density at radius 2 is 1.84 bits per heavy atom. The summed E-state index contributed by atoms with van der Waals surface area (Å²) >= 11 is 1.65. The van der Waals surface area contributed by atoms with E-state index >= 15 is 0 Å². The van der Waals surface area contributed by atoms with Crippen LogP contribution >= 0.6 is 11.8 Å². The van der Waals surface area contributed by atoms with Crippen LogP contribution < -0.4 is 20.3 Å². The zero-order valence-electron chi connectivity index (χ0n) is 14.4. The number of nitrogens with one attached hydrogen (secondary N) is 2. The number of benzene rings is 2. The van der Waals surface area contributed by atoms with Crippen LogP contribution in [-0.4, -0.2) is 25.5 Å². The van der Waals surface area contributed by atoms with Crippen molar-refractivity contribution < 1.29 is 9.47 Å². The van der Waals surface area contributed by atoms with Crippen molar-refractivity contribution in [2.45, 2.75) is 11.4 Å². The average Bonchev–Trinajstić information content (AvgIpc) is 2.65. The number of methoxy groups -OCH3 is 2. The molecule has 0 radical (unpaired) electrons. The van der Waals surface area contributed by atoms with Gasteiger partial charge in [-0.3, -0.25) is 4.79 Å². The Balaban J connectivity index is 1.83. The van der Waals surface area contributed by atoms with Crippen molar-refractivity contribution in [1.29, 1.82) is 0 Å². The van der Waals surface area contributed by atoms with Gasteiger partial charge in [-0.2, -0.15) is 0 Å². The Kier molecular flexibility index (Phi) is 5.19. The first kappa shape index (κ1) is 17.2. The maximum absolute atomic E-state index is 12.3. The van der Waals surface area contributed by atoms with Crippen molar-refractivity contribution in [2.75, 3.05) is 25.8 Å². The highest BCUT2D eigenvalue weighted by atomic mass is 32.2. The molecule has 6 heteroatoms. The van der Waals surface area contributed by atoms with E-state index in [1.165, 1.54) is 0 Å². The fraction of sp³-hybridized carbons (Fsp3) is 0.211. The summed E-state index contributed by atoms with van der Waals surface area (Å²) < 4.78 is 10.5. The first-order valence-corrected chi connectivity index (χ1v) is 9.03. The monoisotopic (exact) mass is 356 g/mol. The first-order chi connectivity index (χ1) is 12.1. The lowest BCUT2D eigenvalue weighted by molar-refractivity contribution is 0.355.